The lowest BCUT2D eigenvalue weighted by Gasteiger charge is -2.21. The van der Waals surface area contributed by atoms with E-state index < -0.39 is 11.9 Å². The smallest absolute Gasteiger partial charge is 0.337 e. The van der Waals surface area contributed by atoms with Crippen molar-refractivity contribution in [2.45, 2.75) is 6.92 Å². The van der Waals surface area contributed by atoms with Crippen molar-refractivity contribution >= 4 is 40.8 Å². The zero-order chi connectivity index (χ0) is 18.4. The topological polar surface area (TPSA) is 75.7 Å². The number of ether oxygens (including phenoxy) is 1. The summed E-state index contributed by atoms with van der Waals surface area (Å²) in [5.41, 5.74) is 1.19. The Labute approximate surface area is 150 Å². The predicted molar refractivity (Wildman–Crippen MR) is 95.9 cm³/mol. The third-order valence-corrected chi connectivity index (χ3v) is 3.71. The second-order valence-electron chi connectivity index (χ2n) is 5.18. The second-order valence-corrected chi connectivity index (χ2v) is 5.58. The minimum absolute atomic E-state index is 0.207. The van der Waals surface area contributed by atoms with E-state index in [1.54, 1.807) is 42.5 Å². The standard InChI is InChI=1S/C18H17ClN2O4/c1-12(22)21(16-9-4-3-8-15(16)19)11-17(23)20-14-7-5-6-13(10-14)18(24)25-2/h3-10H,11H2,1-2H3,(H,20,23). The first-order valence-electron chi connectivity index (χ1n) is 7.43. The summed E-state index contributed by atoms with van der Waals surface area (Å²) in [5, 5.41) is 3.03. The minimum atomic E-state index is -0.502. The van der Waals surface area contributed by atoms with E-state index in [2.05, 4.69) is 10.1 Å². The molecule has 0 saturated carbocycles. The molecule has 0 fully saturated rings. The highest BCUT2D eigenvalue weighted by atomic mass is 35.5. The second kappa shape index (κ2) is 8.30. The maximum Gasteiger partial charge on any atom is 0.337 e. The zero-order valence-corrected chi connectivity index (χ0v) is 14.5. The molecule has 1 N–H and O–H groups in total. The molecule has 0 heterocycles. The number of methoxy groups -OCH3 is 1. The molecule has 0 radical (unpaired) electrons. The molecule has 130 valence electrons. The third-order valence-electron chi connectivity index (χ3n) is 3.39. The summed E-state index contributed by atoms with van der Waals surface area (Å²) in [6, 6.07) is 13.1. The van der Waals surface area contributed by atoms with Crippen LogP contribution >= 0.6 is 11.6 Å². The molecule has 2 amide bonds. The average molecular weight is 361 g/mol. The lowest BCUT2D eigenvalue weighted by atomic mass is 10.2. The fourth-order valence-electron chi connectivity index (χ4n) is 2.22. The van der Waals surface area contributed by atoms with Crippen molar-refractivity contribution in [1.29, 1.82) is 0 Å². The van der Waals surface area contributed by atoms with Crippen LogP contribution in [0.25, 0.3) is 0 Å². The van der Waals surface area contributed by atoms with Gasteiger partial charge in [-0.15, -0.1) is 0 Å². The van der Waals surface area contributed by atoms with E-state index in [1.165, 1.54) is 25.0 Å². The SMILES string of the molecule is COC(=O)c1cccc(NC(=O)CN(C(C)=O)c2ccccc2Cl)c1. The number of benzene rings is 2. The van der Waals surface area contributed by atoms with E-state index in [1.807, 2.05) is 0 Å². The Kier molecular flexibility index (Phi) is 6.14. The van der Waals surface area contributed by atoms with Crippen LogP contribution in [0.4, 0.5) is 11.4 Å². The summed E-state index contributed by atoms with van der Waals surface area (Å²) in [6.07, 6.45) is 0. The summed E-state index contributed by atoms with van der Waals surface area (Å²) < 4.78 is 4.64. The van der Waals surface area contributed by atoms with Crippen molar-refractivity contribution in [1.82, 2.24) is 0 Å². The largest absolute Gasteiger partial charge is 0.465 e. The Morgan fingerprint density at radius 3 is 2.48 bits per heavy atom. The monoisotopic (exact) mass is 360 g/mol. The Balaban J connectivity index is 2.14. The van der Waals surface area contributed by atoms with Gasteiger partial charge in [0.25, 0.3) is 0 Å². The maximum atomic E-state index is 12.3. The number of carbonyl (C=O) groups is 3. The highest BCUT2D eigenvalue weighted by molar-refractivity contribution is 6.33. The van der Waals surface area contributed by atoms with E-state index in [-0.39, 0.29) is 12.5 Å². The molecule has 2 aromatic rings. The Bertz CT molecular complexity index is 807. The van der Waals surface area contributed by atoms with Gasteiger partial charge < -0.3 is 15.0 Å². The maximum absolute atomic E-state index is 12.3. The van der Waals surface area contributed by atoms with Gasteiger partial charge in [0.05, 0.1) is 23.4 Å². The summed E-state index contributed by atoms with van der Waals surface area (Å²) in [4.78, 5) is 37.0. The van der Waals surface area contributed by atoms with Crippen molar-refractivity contribution in [3.05, 3.63) is 59.1 Å². The number of para-hydroxylation sites is 1. The van der Waals surface area contributed by atoms with Crippen molar-refractivity contribution in [3.8, 4) is 0 Å². The van der Waals surface area contributed by atoms with Crippen LogP contribution in [0.3, 0.4) is 0 Å². The summed E-state index contributed by atoms with van der Waals surface area (Å²) >= 11 is 6.10. The molecule has 0 aliphatic heterocycles. The molecule has 0 unspecified atom stereocenters. The van der Waals surface area contributed by atoms with Crippen LogP contribution in [0, 0.1) is 0 Å². The lowest BCUT2D eigenvalue weighted by Crippen LogP contribution is -2.36. The van der Waals surface area contributed by atoms with Crippen LogP contribution in [0.15, 0.2) is 48.5 Å². The molecule has 2 aromatic carbocycles. The van der Waals surface area contributed by atoms with E-state index in [0.717, 1.165) is 0 Å². The predicted octanol–water partition coefficient (Wildman–Crippen LogP) is 3.12. The highest BCUT2D eigenvalue weighted by Crippen LogP contribution is 2.25. The van der Waals surface area contributed by atoms with Crippen molar-refractivity contribution in [2.75, 3.05) is 23.9 Å². The van der Waals surface area contributed by atoms with E-state index in [4.69, 9.17) is 11.6 Å². The first kappa shape index (κ1) is 18.5. The minimum Gasteiger partial charge on any atom is -0.465 e. The molecule has 0 aromatic heterocycles. The Morgan fingerprint density at radius 1 is 1.12 bits per heavy atom. The summed E-state index contributed by atoms with van der Waals surface area (Å²) in [5.74, 6) is -1.23. The number of amides is 2. The molecular weight excluding hydrogens is 344 g/mol. The molecule has 0 bridgehead atoms. The average Bonchev–Trinajstić information content (AvgIpc) is 2.59. The highest BCUT2D eigenvalue weighted by Gasteiger charge is 2.18. The van der Waals surface area contributed by atoms with Gasteiger partial charge >= 0.3 is 5.97 Å². The van der Waals surface area contributed by atoms with Gasteiger partial charge in [-0.25, -0.2) is 4.79 Å². The molecule has 25 heavy (non-hydrogen) atoms. The summed E-state index contributed by atoms with van der Waals surface area (Å²) in [6.45, 7) is 1.15. The van der Waals surface area contributed by atoms with Gasteiger partial charge in [-0.2, -0.15) is 0 Å². The Hall–Kier alpha value is -2.86. The normalized spacial score (nSPS) is 10.0. The van der Waals surface area contributed by atoms with Crippen LogP contribution in [-0.2, 0) is 14.3 Å². The van der Waals surface area contributed by atoms with Gasteiger partial charge in [0.2, 0.25) is 11.8 Å². The van der Waals surface area contributed by atoms with Gasteiger partial charge in [-0.3, -0.25) is 9.59 Å². The number of rotatable bonds is 5. The molecule has 0 saturated heterocycles. The zero-order valence-electron chi connectivity index (χ0n) is 13.8. The molecule has 7 heteroatoms. The molecule has 0 aliphatic rings. The van der Waals surface area contributed by atoms with Gasteiger partial charge in [-0.1, -0.05) is 29.8 Å². The molecule has 6 nitrogen and oxygen atoms in total. The number of hydrogen-bond donors (Lipinski definition) is 1. The lowest BCUT2D eigenvalue weighted by molar-refractivity contribution is -0.120. The van der Waals surface area contributed by atoms with Crippen LogP contribution < -0.4 is 10.2 Å². The van der Waals surface area contributed by atoms with Crippen molar-refractivity contribution in [2.24, 2.45) is 0 Å². The number of hydrogen-bond acceptors (Lipinski definition) is 4. The fourth-order valence-corrected chi connectivity index (χ4v) is 2.46. The molecule has 0 atom stereocenters. The Morgan fingerprint density at radius 2 is 1.84 bits per heavy atom. The quantitative estimate of drug-likeness (QED) is 0.831. The van der Waals surface area contributed by atoms with Gasteiger partial charge in [0, 0.05) is 12.6 Å². The fraction of sp³-hybridized carbons (Fsp3) is 0.167. The first-order valence-corrected chi connectivity index (χ1v) is 7.81. The third kappa shape index (κ3) is 4.81. The van der Waals surface area contributed by atoms with Crippen LogP contribution in [-0.4, -0.2) is 31.4 Å². The molecule has 2 rings (SSSR count). The van der Waals surface area contributed by atoms with Gasteiger partial charge in [0.15, 0.2) is 0 Å². The number of carbonyl (C=O) groups excluding carboxylic acids is 3. The van der Waals surface area contributed by atoms with Gasteiger partial charge in [0.1, 0.15) is 6.54 Å². The first-order chi connectivity index (χ1) is 11.9. The molecular formula is C18H17ClN2O4. The number of anilines is 2. The summed E-state index contributed by atoms with van der Waals surface area (Å²) in [7, 11) is 1.28. The number of nitrogens with one attached hydrogen (secondary N) is 1. The van der Waals surface area contributed by atoms with Crippen molar-refractivity contribution in [3.63, 3.8) is 0 Å². The van der Waals surface area contributed by atoms with Gasteiger partial charge in [-0.05, 0) is 30.3 Å². The van der Waals surface area contributed by atoms with Crippen molar-refractivity contribution < 1.29 is 19.1 Å². The molecule has 0 spiro atoms. The number of nitrogens with zero attached hydrogens (tertiary/aromatic N) is 1. The number of halogens is 1. The van der Waals surface area contributed by atoms with E-state index in [0.29, 0.717) is 22.0 Å². The van der Waals surface area contributed by atoms with E-state index in [9.17, 15) is 14.4 Å². The van der Waals surface area contributed by atoms with Crippen LogP contribution in [0.2, 0.25) is 5.02 Å². The van der Waals surface area contributed by atoms with Crippen LogP contribution in [0.1, 0.15) is 17.3 Å². The molecule has 0 aliphatic carbocycles. The number of esters is 1. The van der Waals surface area contributed by atoms with E-state index >= 15 is 0 Å². The van der Waals surface area contributed by atoms with Crippen LogP contribution in [0.5, 0.6) is 0 Å².